The molecule has 2 fully saturated rings. The molecule has 1 aliphatic carbocycles. The minimum atomic E-state index is -3.12. The summed E-state index contributed by atoms with van der Waals surface area (Å²) >= 11 is 6.29. The van der Waals surface area contributed by atoms with Gasteiger partial charge in [-0.25, -0.2) is 18.2 Å². The van der Waals surface area contributed by atoms with E-state index in [-0.39, 0.29) is 35.5 Å². The van der Waals surface area contributed by atoms with Gasteiger partial charge in [-0.2, -0.15) is 4.98 Å². The summed E-state index contributed by atoms with van der Waals surface area (Å²) < 4.78 is 49.7. The van der Waals surface area contributed by atoms with Crippen molar-refractivity contribution < 1.29 is 17.9 Å². The van der Waals surface area contributed by atoms with Gasteiger partial charge in [0.2, 0.25) is 11.7 Å². The number of hydrogen-bond acceptors (Lipinski definition) is 7. The Morgan fingerprint density at radius 1 is 1.29 bits per heavy atom. The predicted molar refractivity (Wildman–Crippen MR) is 127 cm³/mol. The van der Waals surface area contributed by atoms with E-state index in [9.17, 15) is 18.0 Å². The van der Waals surface area contributed by atoms with E-state index in [4.69, 9.17) is 16.3 Å². The molecule has 2 aliphatic heterocycles. The summed E-state index contributed by atoms with van der Waals surface area (Å²) in [4.78, 5) is 23.2. The van der Waals surface area contributed by atoms with Crippen LogP contribution >= 0.6 is 11.6 Å². The molecule has 1 saturated heterocycles. The van der Waals surface area contributed by atoms with Crippen LogP contribution in [0.2, 0.25) is 5.02 Å². The van der Waals surface area contributed by atoms with Crippen LogP contribution in [0.3, 0.4) is 0 Å². The predicted octanol–water partition coefficient (Wildman–Crippen LogP) is 4.10. The second-order valence-electron chi connectivity index (χ2n) is 9.30. The van der Waals surface area contributed by atoms with Crippen molar-refractivity contribution in [1.29, 1.82) is 0 Å². The lowest BCUT2D eigenvalue weighted by Crippen LogP contribution is -2.49. The third kappa shape index (κ3) is 3.81. The van der Waals surface area contributed by atoms with E-state index in [0.717, 1.165) is 0 Å². The van der Waals surface area contributed by atoms with Gasteiger partial charge in [0.1, 0.15) is 11.2 Å². The second kappa shape index (κ2) is 7.91. The van der Waals surface area contributed by atoms with Crippen molar-refractivity contribution in [3.8, 4) is 5.75 Å². The number of aryl methyl sites for hydroxylation is 1. The quantitative estimate of drug-likeness (QED) is 0.551. The highest BCUT2D eigenvalue weighted by Gasteiger charge is 2.51. The largest absolute Gasteiger partial charge is 0.480 e. The molecule has 6 rings (SSSR count). The maximum atomic E-state index is 14.8. The van der Waals surface area contributed by atoms with Crippen LogP contribution in [0.5, 0.6) is 5.75 Å². The first-order chi connectivity index (χ1) is 16.7. The zero-order valence-corrected chi connectivity index (χ0v) is 19.5. The lowest BCUT2D eigenvalue weighted by molar-refractivity contribution is -0.0579. The molecule has 1 aromatic carbocycles. The van der Waals surface area contributed by atoms with Crippen LogP contribution in [0, 0.1) is 5.92 Å². The molecule has 3 aliphatic rings. The zero-order chi connectivity index (χ0) is 24.5. The normalized spacial score (nSPS) is 21.5. The number of benzene rings is 1. The number of aromatic nitrogens is 3. The number of rotatable bonds is 4. The van der Waals surface area contributed by atoms with E-state index in [0.29, 0.717) is 41.2 Å². The molecule has 4 heterocycles. The molecule has 2 N–H and O–H groups in total. The molecule has 8 nitrogen and oxygen atoms in total. The SMILES string of the molecule is Cn1c(=O)c2c(c3cc(Nc4nc(N5CC(F)C5)ncc4Cl)ccc31)NC(C1CC1)C(F)(F)CO2. The monoisotopic (exact) mass is 506 g/mol. The minimum Gasteiger partial charge on any atom is -0.480 e. The number of ether oxygens (including phenoxy) is 1. The number of nitrogens with zero attached hydrogens (tertiary/aromatic N) is 4. The molecule has 3 aromatic rings. The van der Waals surface area contributed by atoms with Gasteiger partial charge in [-0.15, -0.1) is 0 Å². The van der Waals surface area contributed by atoms with Crippen LogP contribution < -0.4 is 25.8 Å². The molecule has 12 heteroatoms. The number of alkyl halides is 3. The molecule has 1 unspecified atom stereocenters. The third-order valence-corrected chi connectivity index (χ3v) is 7.00. The fourth-order valence-corrected chi connectivity index (χ4v) is 4.75. The standard InChI is InChI=1S/C23H22ClF3N6O2/c1-32-16-5-4-13(29-20-15(24)7-28-22(31-20)33-8-12(25)9-33)6-14(16)17-18(21(32)34)35-10-23(26,27)19(30-17)11-2-3-11/h4-7,11-12,19,30H,2-3,8-10H2,1H3,(H,28,29,31). The van der Waals surface area contributed by atoms with Crippen LogP contribution in [0.25, 0.3) is 10.9 Å². The van der Waals surface area contributed by atoms with Crippen molar-refractivity contribution in [2.24, 2.45) is 13.0 Å². The van der Waals surface area contributed by atoms with Crippen LogP contribution in [0.15, 0.2) is 29.2 Å². The Morgan fingerprint density at radius 3 is 2.77 bits per heavy atom. The summed E-state index contributed by atoms with van der Waals surface area (Å²) in [6, 6.07) is 4.06. The fourth-order valence-electron chi connectivity index (χ4n) is 4.61. The zero-order valence-electron chi connectivity index (χ0n) is 18.7. The lowest BCUT2D eigenvalue weighted by Gasteiger charge is -2.34. The first-order valence-electron chi connectivity index (χ1n) is 11.3. The van der Waals surface area contributed by atoms with Crippen molar-refractivity contribution in [3.63, 3.8) is 0 Å². The molecule has 184 valence electrons. The average molecular weight is 507 g/mol. The van der Waals surface area contributed by atoms with Crippen LogP contribution in [-0.4, -0.2) is 52.4 Å². The topological polar surface area (TPSA) is 84.3 Å². The first-order valence-corrected chi connectivity index (χ1v) is 11.7. The molecule has 1 atom stereocenters. The Bertz CT molecular complexity index is 1390. The number of pyridine rings is 1. The van der Waals surface area contributed by atoms with E-state index in [1.807, 2.05) is 0 Å². The Morgan fingerprint density at radius 2 is 2.06 bits per heavy atom. The van der Waals surface area contributed by atoms with Crippen LogP contribution in [0.1, 0.15) is 12.8 Å². The molecule has 0 amide bonds. The van der Waals surface area contributed by atoms with Gasteiger partial charge in [0.25, 0.3) is 5.56 Å². The maximum absolute atomic E-state index is 14.8. The lowest BCUT2D eigenvalue weighted by atomic mass is 10.0. The van der Waals surface area contributed by atoms with Crippen molar-refractivity contribution in [3.05, 3.63) is 39.8 Å². The summed E-state index contributed by atoms with van der Waals surface area (Å²) in [6.45, 7) is -0.423. The van der Waals surface area contributed by atoms with E-state index in [1.54, 1.807) is 30.1 Å². The summed E-state index contributed by atoms with van der Waals surface area (Å²) in [5.74, 6) is -2.74. The number of fused-ring (bicyclic) bond motifs is 3. The Kier molecular flexibility index (Phi) is 5.03. The van der Waals surface area contributed by atoms with E-state index < -0.39 is 30.3 Å². The molecule has 2 aromatic heterocycles. The Labute approximate surface area is 203 Å². The molecule has 0 spiro atoms. The maximum Gasteiger partial charge on any atom is 0.301 e. The molecule has 1 saturated carbocycles. The highest BCUT2D eigenvalue weighted by atomic mass is 35.5. The molecule has 0 radical (unpaired) electrons. The Balaban J connectivity index is 1.41. The summed E-state index contributed by atoms with van der Waals surface area (Å²) in [6.07, 6.45) is 1.93. The van der Waals surface area contributed by atoms with Gasteiger partial charge < -0.3 is 24.8 Å². The summed E-state index contributed by atoms with van der Waals surface area (Å²) in [5.41, 5.74) is 0.888. The number of hydrogen-bond donors (Lipinski definition) is 2. The van der Waals surface area contributed by atoms with Gasteiger partial charge in [0, 0.05) is 18.1 Å². The fraction of sp³-hybridized carbons (Fsp3) is 0.435. The van der Waals surface area contributed by atoms with Gasteiger partial charge in [-0.05, 0) is 37.0 Å². The summed E-state index contributed by atoms with van der Waals surface area (Å²) in [7, 11) is 1.57. The average Bonchev–Trinajstić information content (AvgIpc) is 3.64. The van der Waals surface area contributed by atoms with Gasteiger partial charge in [-0.1, -0.05) is 11.6 Å². The van der Waals surface area contributed by atoms with Crippen molar-refractivity contribution in [2.45, 2.75) is 31.0 Å². The van der Waals surface area contributed by atoms with Gasteiger partial charge in [-0.3, -0.25) is 4.79 Å². The van der Waals surface area contributed by atoms with E-state index in [2.05, 4.69) is 20.6 Å². The van der Waals surface area contributed by atoms with Gasteiger partial charge in [0.15, 0.2) is 12.4 Å². The van der Waals surface area contributed by atoms with Crippen molar-refractivity contribution >= 4 is 45.6 Å². The highest BCUT2D eigenvalue weighted by Crippen LogP contribution is 2.45. The number of nitrogens with one attached hydrogen (secondary N) is 2. The third-order valence-electron chi connectivity index (χ3n) is 6.72. The first kappa shape index (κ1) is 22.3. The molecule has 35 heavy (non-hydrogen) atoms. The van der Waals surface area contributed by atoms with Crippen LogP contribution in [0.4, 0.5) is 36.3 Å². The van der Waals surface area contributed by atoms with Gasteiger partial charge in [0.05, 0.1) is 36.5 Å². The van der Waals surface area contributed by atoms with Crippen molar-refractivity contribution in [2.75, 3.05) is 35.2 Å². The smallest absolute Gasteiger partial charge is 0.301 e. The van der Waals surface area contributed by atoms with Crippen molar-refractivity contribution in [1.82, 2.24) is 14.5 Å². The summed E-state index contributed by atoms with van der Waals surface area (Å²) in [5, 5.41) is 6.90. The molecule has 0 bridgehead atoms. The molecular weight excluding hydrogens is 485 g/mol. The van der Waals surface area contributed by atoms with Gasteiger partial charge >= 0.3 is 5.92 Å². The minimum absolute atomic E-state index is 0.124. The Hall–Kier alpha value is -3.21. The van der Waals surface area contributed by atoms with E-state index >= 15 is 0 Å². The second-order valence-corrected chi connectivity index (χ2v) is 9.71. The van der Waals surface area contributed by atoms with E-state index in [1.165, 1.54) is 10.8 Å². The number of halogens is 4. The highest BCUT2D eigenvalue weighted by molar-refractivity contribution is 6.32. The number of anilines is 4. The molecular formula is C23H22ClF3N6O2. The van der Waals surface area contributed by atoms with Crippen LogP contribution in [-0.2, 0) is 7.05 Å².